The van der Waals surface area contributed by atoms with Crippen LogP contribution in [-0.4, -0.2) is 0 Å². The number of hydrogen-bond donors (Lipinski definition) is 0. The van der Waals surface area contributed by atoms with Gasteiger partial charge in [0.1, 0.15) is 0 Å². The van der Waals surface area contributed by atoms with Crippen molar-refractivity contribution in [2.45, 2.75) is 19.3 Å². The fraction of sp³-hybridized carbons (Fsp3) is 0.429. The van der Waals surface area contributed by atoms with E-state index < -0.39 is 0 Å². The van der Waals surface area contributed by atoms with E-state index in [1.54, 1.807) is 0 Å². The first kappa shape index (κ1) is 4.63. The Morgan fingerprint density at radius 1 is 1.57 bits per heavy atom. The predicted molar refractivity (Wildman–Crippen MR) is 32.1 cm³/mol. The summed E-state index contributed by atoms with van der Waals surface area (Å²) in [7, 11) is 0. The molecule has 0 heteroatoms. The van der Waals surface area contributed by atoms with E-state index in [1.165, 1.54) is 24.8 Å². The van der Waals surface area contributed by atoms with Crippen molar-refractivity contribution in [2.24, 2.45) is 0 Å². The monoisotopic (exact) mass is 94.1 g/mol. The molecule has 0 saturated carbocycles. The van der Waals surface area contributed by atoms with Gasteiger partial charge in [0.25, 0.3) is 0 Å². The molecule has 7 heavy (non-hydrogen) atoms. The van der Waals surface area contributed by atoms with E-state index in [0.717, 1.165) is 0 Å². The lowest BCUT2D eigenvalue weighted by Gasteiger charge is -2.02. The summed E-state index contributed by atoms with van der Waals surface area (Å²) in [5.41, 5.74) is 1.28. The molecule has 0 amide bonds. The van der Waals surface area contributed by atoms with Gasteiger partial charge >= 0.3 is 0 Å². The molecule has 38 valence electrons. The van der Waals surface area contributed by atoms with Gasteiger partial charge < -0.3 is 0 Å². The minimum absolute atomic E-state index is 1.20. The Labute approximate surface area is 44.5 Å². The smallest absolute Gasteiger partial charge is 0.0282 e. The van der Waals surface area contributed by atoms with Crippen LogP contribution >= 0.6 is 0 Å². The summed E-state index contributed by atoms with van der Waals surface area (Å²) < 4.78 is 0. The highest BCUT2D eigenvalue weighted by Gasteiger charge is 1.92. The molecule has 0 heterocycles. The van der Waals surface area contributed by atoms with Gasteiger partial charge in [0.2, 0.25) is 0 Å². The van der Waals surface area contributed by atoms with Crippen LogP contribution in [0.25, 0.3) is 0 Å². The molecule has 0 aromatic heterocycles. The molecule has 0 radical (unpaired) electrons. The lowest BCUT2D eigenvalue weighted by Crippen LogP contribution is -1.82. The van der Waals surface area contributed by atoms with Crippen molar-refractivity contribution in [1.29, 1.82) is 0 Å². The van der Waals surface area contributed by atoms with E-state index in [9.17, 15) is 0 Å². The standard InChI is InChI=1S/C7H10/c1-7-5-3-2-4-6-7/h3,5H,1-2,4,6H2. The minimum atomic E-state index is 1.20. The second-order valence-corrected chi connectivity index (χ2v) is 1.95. The molecule has 0 spiro atoms. The number of rotatable bonds is 0. The van der Waals surface area contributed by atoms with Crippen molar-refractivity contribution in [1.82, 2.24) is 0 Å². The van der Waals surface area contributed by atoms with E-state index >= 15 is 0 Å². The van der Waals surface area contributed by atoms with Crippen LogP contribution in [0.15, 0.2) is 24.3 Å². The molecule has 0 aliphatic heterocycles. The van der Waals surface area contributed by atoms with Crippen molar-refractivity contribution < 1.29 is 0 Å². The maximum absolute atomic E-state index is 3.83. The average molecular weight is 94.2 g/mol. The Hall–Kier alpha value is -0.520. The normalized spacial score (nSPS) is 20.3. The first-order chi connectivity index (χ1) is 3.39. The molecule has 0 atom stereocenters. The van der Waals surface area contributed by atoms with Crippen molar-refractivity contribution >= 4 is 0 Å². The lowest BCUT2D eigenvalue weighted by atomic mass is 10.0. The number of allylic oxidation sites excluding steroid dienone is 3. The fourth-order valence-electron chi connectivity index (χ4n) is 0.780. The van der Waals surface area contributed by atoms with Crippen LogP contribution < -0.4 is 0 Å². The van der Waals surface area contributed by atoms with Gasteiger partial charge in [0.15, 0.2) is 0 Å². The van der Waals surface area contributed by atoms with Crippen molar-refractivity contribution in [3.63, 3.8) is 0 Å². The van der Waals surface area contributed by atoms with Crippen LogP contribution in [0.4, 0.5) is 0 Å². The van der Waals surface area contributed by atoms with Gasteiger partial charge in [-0.25, -0.2) is 0 Å². The average Bonchev–Trinajstić information content (AvgIpc) is 1.69. The van der Waals surface area contributed by atoms with Crippen LogP contribution in [0.1, 0.15) is 19.3 Å². The molecular weight excluding hydrogens is 84.1 g/mol. The SMILES string of the molecule is C=C1C=CCCC1. The second kappa shape index (κ2) is 1.97. The molecule has 0 fully saturated rings. The third-order valence-electron chi connectivity index (χ3n) is 1.22. The second-order valence-electron chi connectivity index (χ2n) is 1.95. The quantitative estimate of drug-likeness (QED) is 0.432. The molecule has 0 aromatic carbocycles. The summed E-state index contributed by atoms with van der Waals surface area (Å²) >= 11 is 0. The van der Waals surface area contributed by atoms with Crippen LogP contribution in [0, 0.1) is 0 Å². The molecule has 0 nitrogen and oxygen atoms in total. The zero-order valence-electron chi connectivity index (χ0n) is 4.48. The number of hydrogen-bond acceptors (Lipinski definition) is 0. The highest BCUT2D eigenvalue weighted by Crippen LogP contribution is 2.12. The Morgan fingerprint density at radius 3 is 2.71 bits per heavy atom. The molecule has 0 bridgehead atoms. The van der Waals surface area contributed by atoms with Crippen LogP contribution in [0.3, 0.4) is 0 Å². The Balaban J connectivity index is 2.51. The van der Waals surface area contributed by atoms with Gasteiger partial charge in [-0.2, -0.15) is 0 Å². The van der Waals surface area contributed by atoms with Gasteiger partial charge in [-0.3, -0.25) is 0 Å². The fourth-order valence-corrected chi connectivity index (χ4v) is 0.780. The van der Waals surface area contributed by atoms with Gasteiger partial charge in [-0.15, -0.1) is 0 Å². The molecule has 0 N–H and O–H groups in total. The maximum Gasteiger partial charge on any atom is -0.0282 e. The summed E-state index contributed by atoms with van der Waals surface area (Å²) in [6, 6.07) is 0. The van der Waals surface area contributed by atoms with E-state index in [2.05, 4.69) is 18.7 Å². The van der Waals surface area contributed by atoms with Gasteiger partial charge in [0, 0.05) is 0 Å². The zero-order chi connectivity index (χ0) is 5.11. The van der Waals surface area contributed by atoms with Crippen molar-refractivity contribution in [3.8, 4) is 0 Å². The van der Waals surface area contributed by atoms with Gasteiger partial charge in [-0.05, 0) is 19.3 Å². The Kier molecular flexibility index (Phi) is 1.30. The van der Waals surface area contributed by atoms with Gasteiger partial charge in [0.05, 0.1) is 0 Å². The highest BCUT2D eigenvalue weighted by molar-refractivity contribution is 5.16. The first-order valence-electron chi connectivity index (χ1n) is 2.74. The van der Waals surface area contributed by atoms with Crippen molar-refractivity contribution in [3.05, 3.63) is 24.3 Å². The molecule has 0 unspecified atom stereocenters. The molecule has 0 aromatic rings. The summed E-state index contributed by atoms with van der Waals surface area (Å²) in [6.07, 6.45) is 8.06. The first-order valence-corrected chi connectivity index (χ1v) is 2.74. The summed E-state index contributed by atoms with van der Waals surface area (Å²) in [5, 5.41) is 0. The molecule has 0 saturated heterocycles. The van der Waals surface area contributed by atoms with Crippen LogP contribution in [0.2, 0.25) is 0 Å². The highest BCUT2D eigenvalue weighted by atomic mass is 14.0. The summed E-state index contributed by atoms with van der Waals surface area (Å²) in [5.74, 6) is 0. The van der Waals surface area contributed by atoms with E-state index in [1.807, 2.05) is 0 Å². The third kappa shape index (κ3) is 1.19. The zero-order valence-corrected chi connectivity index (χ0v) is 4.48. The Bertz CT molecular complexity index is 98.6. The maximum atomic E-state index is 3.83. The molecule has 1 aliphatic rings. The van der Waals surface area contributed by atoms with E-state index in [-0.39, 0.29) is 0 Å². The largest absolute Gasteiger partial charge is 0.0958 e. The summed E-state index contributed by atoms with van der Waals surface area (Å²) in [6.45, 7) is 3.83. The van der Waals surface area contributed by atoms with E-state index in [0.29, 0.717) is 0 Å². The third-order valence-corrected chi connectivity index (χ3v) is 1.22. The van der Waals surface area contributed by atoms with E-state index in [4.69, 9.17) is 0 Å². The predicted octanol–water partition coefficient (Wildman–Crippen LogP) is 2.28. The van der Waals surface area contributed by atoms with Crippen molar-refractivity contribution in [2.75, 3.05) is 0 Å². The van der Waals surface area contributed by atoms with Crippen LogP contribution in [-0.2, 0) is 0 Å². The van der Waals surface area contributed by atoms with Gasteiger partial charge in [-0.1, -0.05) is 24.3 Å². The molecule has 1 rings (SSSR count). The molecule has 1 aliphatic carbocycles. The lowest BCUT2D eigenvalue weighted by molar-refractivity contribution is 0.823. The van der Waals surface area contributed by atoms with Crippen LogP contribution in [0.5, 0.6) is 0 Å². The minimum Gasteiger partial charge on any atom is -0.0958 e. The topological polar surface area (TPSA) is 0 Å². The Morgan fingerprint density at radius 2 is 2.43 bits per heavy atom. The molecular formula is C7H10. The summed E-state index contributed by atoms with van der Waals surface area (Å²) in [4.78, 5) is 0.